The summed E-state index contributed by atoms with van der Waals surface area (Å²) in [6, 6.07) is 21.8. The summed E-state index contributed by atoms with van der Waals surface area (Å²) in [5.74, 6) is 0.437. The van der Waals surface area contributed by atoms with Crippen LogP contribution in [0.2, 0.25) is 0 Å². The van der Waals surface area contributed by atoms with Crippen LogP contribution in [0.25, 0.3) is 43.5 Å². The molecule has 0 atom stereocenters. The van der Waals surface area contributed by atoms with Crippen LogP contribution in [0.5, 0.6) is 0 Å². The minimum atomic E-state index is 0.437. The lowest BCUT2D eigenvalue weighted by molar-refractivity contribution is 0.656. The van der Waals surface area contributed by atoms with Crippen molar-refractivity contribution < 1.29 is 4.42 Å². The second-order valence-corrected chi connectivity index (χ2v) is 7.25. The number of benzene rings is 4. The highest BCUT2D eigenvalue weighted by Crippen LogP contribution is 2.41. The smallest absolute Gasteiger partial charge is 0.139 e. The Morgan fingerprint density at radius 1 is 0.720 bits per heavy atom. The molecule has 0 spiro atoms. The van der Waals surface area contributed by atoms with E-state index in [1.165, 1.54) is 43.4 Å². The molecule has 5 rings (SSSR count). The van der Waals surface area contributed by atoms with Crippen LogP contribution in [0.15, 0.2) is 65.1 Å². The molecule has 0 aliphatic carbocycles. The number of rotatable bonds is 1. The molecule has 0 bridgehead atoms. The van der Waals surface area contributed by atoms with Crippen molar-refractivity contribution in [3.05, 3.63) is 71.8 Å². The summed E-state index contributed by atoms with van der Waals surface area (Å²) >= 11 is 0. The summed E-state index contributed by atoms with van der Waals surface area (Å²) in [7, 11) is 0. The first kappa shape index (κ1) is 14.5. The fraction of sp³-hybridized carbons (Fsp3) is 0.167. The van der Waals surface area contributed by atoms with E-state index in [4.69, 9.17) is 4.42 Å². The van der Waals surface area contributed by atoms with Gasteiger partial charge in [-0.2, -0.15) is 0 Å². The van der Waals surface area contributed by atoms with E-state index in [-0.39, 0.29) is 0 Å². The molecule has 1 nitrogen and oxygen atoms in total. The van der Waals surface area contributed by atoms with E-state index in [9.17, 15) is 0 Å². The van der Waals surface area contributed by atoms with Gasteiger partial charge in [0.15, 0.2) is 0 Å². The summed E-state index contributed by atoms with van der Waals surface area (Å²) in [5, 5.41) is 7.60. The fourth-order valence-electron chi connectivity index (χ4n) is 4.26. The number of furan rings is 1. The van der Waals surface area contributed by atoms with Gasteiger partial charge < -0.3 is 4.42 Å². The molecule has 5 aromatic rings. The Labute approximate surface area is 146 Å². The average molecular weight is 324 g/mol. The van der Waals surface area contributed by atoms with Gasteiger partial charge in [-0.15, -0.1) is 0 Å². The Kier molecular flexibility index (Phi) is 2.96. The van der Waals surface area contributed by atoms with Gasteiger partial charge in [0.25, 0.3) is 0 Å². The molecule has 0 aliphatic rings. The topological polar surface area (TPSA) is 13.1 Å². The molecule has 0 amide bonds. The van der Waals surface area contributed by atoms with Gasteiger partial charge in [-0.25, -0.2) is 0 Å². The molecular formula is C24H20O. The Bertz CT molecular complexity index is 1270. The van der Waals surface area contributed by atoms with E-state index in [1.54, 1.807) is 0 Å². The third kappa shape index (κ3) is 1.96. The van der Waals surface area contributed by atoms with E-state index < -0.39 is 0 Å². The van der Waals surface area contributed by atoms with Crippen LogP contribution >= 0.6 is 0 Å². The maximum absolute atomic E-state index is 6.38. The quantitative estimate of drug-likeness (QED) is 0.294. The van der Waals surface area contributed by atoms with Crippen molar-refractivity contribution in [1.29, 1.82) is 0 Å². The second kappa shape index (κ2) is 5.10. The van der Waals surface area contributed by atoms with Gasteiger partial charge in [0.1, 0.15) is 11.2 Å². The zero-order chi connectivity index (χ0) is 17.1. The molecule has 1 aromatic heterocycles. The van der Waals surface area contributed by atoms with E-state index in [1.807, 2.05) is 0 Å². The van der Waals surface area contributed by atoms with Crippen LogP contribution < -0.4 is 0 Å². The molecule has 0 radical (unpaired) electrons. The van der Waals surface area contributed by atoms with Gasteiger partial charge in [-0.1, -0.05) is 68.4 Å². The molecule has 0 aliphatic heterocycles. The van der Waals surface area contributed by atoms with Crippen LogP contribution in [0.3, 0.4) is 0 Å². The van der Waals surface area contributed by atoms with Crippen molar-refractivity contribution in [3.8, 4) is 0 Å². The maximum atomic E-state index is 6.38. The van der Waals surface area contributed by atoms with Crippen LogP contribution in [0.1, 0.15) is 30.9 Å². The SMILES string of the molecule is Cc1ccc2c(oc3ccc4ccc5ccccc5c4c32)c1C(C)C. The van der Waals surface area contributed by atoms with Crippen molar-refractivity contribution in [2.45, 2.75) is 26.7 Å². The molecule has 4 aromatic carbocycles. The van der Waals surface area contributed by atoms with Gasteiger partial charge in [0.05, 0.1) is 0 Å². The zero-order valence-corrected chi connectivity index (χ0v) is 14.8. The summed E-state index contributed by atoms with van der Waals surface area (Å²) in [6.07, 6.45) is 0. The highest BCUT2D eigenvalue weighted by Gasteiger charge is 2.17. The fourth-order valence-corrected chi connectivity index (χ4v) is 4.26. The lowest BCUT2D eigenvalue weighted by Crippen LogP contribution is -1.92. The minimum absolute atomic E-state index is 0.437. The van der Waals surface area contributed by atoms with Crippen molar-refractivity contribution in [1.82, 2.24) is 0 Å². The number of hydrogen-bond donors (Lipinski definition) is 0. The zero-order valence-electron chi connectivity index (χ0n) is 14.8. The van der Waals surface area contributed by atoms with Crippen molar-refractivity contribution in [3.63, 3.8) is 0 Å². The summed E-state index contributed by atoms with van der Waals surface area (Å²) in [4.78, 5) is 0. The summed E-state index contributed by atoms with van der Waals surface area (Å²) in [6.45, 7) is 6.65. The summed E-state index contributed by atoms with van der Waals surface area (Å²) in [5.41, 5.74) is 4.65. The van der Waals surface area contributed by atoms with Crippen LogP contribution in [-0.2, 0) is 0 Å². The average Bonchev–Trinajstić information content (AvgIpc) is 2.99. The monoisotopic (exact) mass is 324 g/mol. The van der Waals surface area contributed by atoms with E-state index in [0.717, 1.165) is 11.2 Å². The first-order valence-electron chi connectivity index (χ1n) is 8.91. The Balaban J connectivity index is 2.09. The lowest BCUT2D eigenvalue weighted by Gasteiger charge is -2.10. The largest absolute Gasteiger partial charge is 0.456 e. The molecular weight excluding hydrogens is 304 g/mol. The van der Waals surface area contributed by atoms with Crippen molar-refractivity contribution in [2.24, 2.45) is 0 Å². The Morgan fingerprint density at radius 2 is 1.48 bits per heavy atom. The van der Waals surface area contributed by atoms with E-state index >= 15 is 0 Å². The maximum Gasteiger partial charge on any atom is 0.139 e. The van der Waals surface area contributed by atoms with Crippen molar-refractivity contribution in [2.75, 3.05) is 0 Å². The van der Waals surface area contributed by atoms with Crippen LogP contribution in [0, 0.1) is 6.92 Å². The van der Waals surface area contributed by atoms with Gasteiger partial charge in [0, 0.05) is 21.7 Å². The second-order valence-electron chi connectivity index (χ2n) is 7.25. The first-order valence-corrected chi connectivity index (χ1v) is 8.91. The molecule has 0 unspecified atom stereocenters. The van der Waals surface area contributed by atoms with Crippen molar-refractivity contribution >= 4 is 43.5 Å². The summed E-state index contributed by atoms with van der Waals surface area (Å²) < 4.78 is 6.38. The Hall–Kier alpha value is -2.80. The normalized spacial score (nSPS) is 12.2. The molecule has 0 saturated heterocycles. The third-order valence-corrected chi connectivity index (χ3v) is 5.34. The Morgan fingerprint density at radius 3 is 2.32 bits per heavy atom. The number of fused-ring (bicyclic) bond motifs is 7. The molecule has 1 heterocycles. The van der Waals surface area contributed by atoms with E-state index in [2.05, 4.69) is 81.4 Å². The van der Waals surface area contributed by atoms with Crippen LogP contribution in [0.4, 0.5) is 0 Å². The van der Waals surface area contributed by atoms with Gasteiger partial charge in [-0.3, -0.25) is 0 Å². The molecule has 0 N–H and O–H groups in total. The predicted octanol–water partition coefficient (Wildman–Crippen LogP) is 7.32. The highest BCUT2D eigenvalue weighted by molar-refractivity contribution is 6.26. The molecule has 0 saturated carbocycles. The lowest BCUT2D eigenvalue weighted by atomic mass is 9.93. The van der Waals surface area contributed by atoms with Gasteiger partial charge >= 0.3 is 0 Å². The van der Waals surface area contributed by atoms with Gasteiger partial charge in [-0.05, 0) is 40.6 Å². The number of hydrogen-bond acceptors (Lipinski definition) is 1. The van der Waals surface area contributed by atoms with E-state index in [0.29, 0.717) is 5.92 Å². The molecule has 0 fully saturated rings. The molecule has 1 heteroatoms. The third-order valence-electron chi connectivity index (χ3n) is 5.34. The van der Waals surface area contributed by atoms with Crippen LogP contribution in [-0.4, -0.2) is 0 Å². The minimum Gasteiger partial charge on any atom is -0.456 e. The standard InChI is InChI=1S/C24H20O/c1-14(2)21-15(3)8-12-19-23-20(25-24(19)21)13-11-17-10-9-16-6-4-5-7-18(16)22(17)23/h4-14H,1-3H3. The first-order chi connectivity index (χ1) is 12.1. The number of aryl methyl sites for hydroxylation is 1. The van der Waals surface area contributed by atoms with Gasteiger partial charge in [0.2, 0.25) is 0 Å². The molecule has 122 valence electrons. The highest BCUT2D eigenvalue weighted by atomic mass is 16.3. The predicted molar refractivity (Wildman–Crippen MR) is 108 cm³/mol. The molecule has 25 heavy (non-hydrogen) atoms.